The van der Waals surface area contributed by atoms with Gasteiger partial charge in [-0.05, 0) is 12.0 Å². The summed E-state index contributed by atoms with van der Waals surface area (Å²) in [6.45, 7) is 2.00. The molecule has 0 N–H and O–H groups in total. The van der Waals surface area contributed by atoms with Gasteiger partial charge in [-0.15, -0.1) is 0 Å². The van der Waals surface area contributed by atoms with E-state index in [0.717, 1.165) is 10.8 Å². The van der Waals surface area contributed by atoms with Crippen molar-refractivity contribution in [1.82, 2.24) is 0 Å². The Balaban J connectivity index is 2.38. The second kappa shape index (κ2) is 6.17. The SMILES string of the molecule is CC(CI)C(=O)CCc1ccccc1. The van der Waals surface area contributed by atoms with Gasteiger partial charge in [-0.2, -0.15) is 0 Å². The quantitative estimate of drug-likeness (QED) is 0.603. The predicted molar refractivity (Wildman–Crippen MR) is 67.8 cm³/mol. The molecule has 1 atom stereocenters. The Kier molecular flexibility index (Phi) is 5.15. The highest BCUT2D eigenvalue weighted by atomic mass is 127. The number of hydrogen-bond acceptors (Lipinski definition) is 1. The highest BCUT2D eigenvalue weighted by Gasteiger charge is 2.10. The van der Waals surface area contributed by atoms with Crippen LogP contribution in [0.2, 0.25) is 0 Å². The molecule has 0 radical (unpaired) electrons. The molecule has 0 aliphatic heterocycles. The largest absolute Gasteiger partial charge is 0.299 e. The first-order chi connectivity index (χ1) is 6.74. The molecule has 1 nitrogen and oxygen atoms in total. The number of benzene rings is 1. The summed E-state index contributed by atoms with van der Waals surface area (Å²) in [7, 11) is 0. The molecule has 0 saturated carbocycles. The highest BCUT2D eigenvalue weighted by Crippen LogP contribution is 2.09. The number of rotatable bonds is 5. The zero-order valence-corrected chi connectivity index (χ0v) is 10.5. The second-order valence-electron chi connectivity index (χ2n) is 3.51. The molecule has 0 aliphatic rings. The maximum Gasteiger partial charge on any atom is 0.136 e. The van der Waals surface area contributed by atoms with Gasteiger partial charge in [0, 0.05) is 16.8 Å². The molecule has 0 amide bonds. The van der Waals surface area contributed by atoms with Crippen molar-refractivity contribution in [3.63, 3.8) is 0 Å². The van der Waals surface area contributed by atoms with E-state index in [1.165, 1.54) is 5.56 Å². The molecule has 0 aliphatic carbocycles. The van der Waals surface area contributed by atoms with Crippen LogP contribution in [0.25, 0.3) is 0 Å². The van der Waals surface area contributed by atoms with E-state index in [4.69, 9.17) is 0 Å². The highest BCUT2D eigenvalue weighted by molar-refractivity contribution is 14.1. The second-order valence-corrected chi connectivity index (χ2v) is 4.39. The van der Waals surface area contributed by atoms with Crippen LogP contribution < -0.4 is 0 Å². The molecule has 1 aromatic carbocycles. The van der Waals surface area contributed by atoms with Crippen LogP contribution in [0.3, 0.4) is 0 Å². The minimum absolute atomic E-state index is 0.208. The standard InChI is InChI=1S/C12H15IO/c1-10(9-13)12(14)8-7-11-5-3-2-4-6-11/h2-6,10H,7-9H2,1H3. The van der Waals surface area contributed by atoms with E-state index in [9.17, 15) is 4.79 Å². The van der Waals surface area contributed by atoms with Crippen LogP contribution >= 0.6 is 22.6 Å². The van der Waals surface area contributed by atoms with E-state index >= 15 is 0 Å². The van der Waals surface area contributed by atoms with Gasteiger partial charge in [0.25, 0.3) is 0 Å². The predicted octanol–water partition coefficient (Wildman–Crippen LogP) is 3.26. The fourth-order valence-corrected chi connectivity index (χ4v) is 1.74. The lowest BCUT2D eigenvalue weighted by atomic mass is 10.0. The Morgan fingerprint density at radius 2 is 2.00 bits per heavy atom. The maximum atomic E-state index is 11.5. The van der Waals surface area contributed by atoms with Gasteiger partial charge in [0.05, 0.1) is 0 Å². The lowest BCUT2D eigenvalue weighted by Crippen LogP contribution is -2.12. The topological polar surface area (TPSA) is 17.1 Å². The van der Waals surface area contributed by atoms with Gasteiger partial charge in [0.2, 0.25) is 0 Å². The third-order valence-corrected chi connectivity index (χ3v) is 3.61. The Morgan fingerprint density at radius 1 is 1.36 bits per heavy atom. The number of hydrogen-bond donors (Lipinski definition) is 0. The molecule has 0 spiro atoms. The summed E-state index contributed by atoms with van der Waals surface area (Å²) in [6.07, 6.45) is 1.55. The molecular formula is C12H15IO. The molecule has 1 unspecified atom stereocenters. The Bertz CT molecular complexity index is 282. The van der Waals surface area contributed by atoms with Crippen LogP contribution in [0.4, 0.5) is 0 Å². The smallest absolute Gasteiger partial charge is 0.136 e. The number of carbonyl (C=O) groups excluding carboxylic acids is 1. The van der Waals surface area contributed by atoms with E-state index in [1.807, 2.05) is 25.1 Å². The number of alkyl halides is 1. The molecule has 0 heterocycles. The summed E-state index contributed by atoms with van der Waals surface area (Å²) in [5, 5.41) is 0. The molecule has 0 aromatic heterocycles. The van der Waals surface area contributed by atoms with Crippen LogP contribution in [0.1, 0.15) is 18.9 Å². The fraction of sp³-hybridized carbons (Fsp3) is 0.417. The number of ketones is 1. The van der Waals surface area contributed by atoms with Crippen LogP contribution in [-0.4, -0.2) is 10.2 Å². The first-order valence-corrected chi connectivity index (χ1v) is 6.39. The van der Waals surface area contributed by atoms with E-state index in [0.29, 0.717) is 12.2 Å². The van der Waals surface area contributed by atoms with Gasteiger partial charge in [-0.3, -0.25) is 4.79 Å². The van der Waals surface area contributed by atoms with Gasteiger partial charge in [-0.1, -0.05) is 59.8 Å². The minimum Gasteiger partial charge on any atom is -0.299 e. The van der Waals surface area contributed by atoms with E-state index in [1.54, 1.807) is 0 Å². The Morgan fingerprint density at radius 3 is 2.57 bits per heavy atom. The maximum absolute atomic E-state index is 11.5. The normalized spacial score (nSPS) is 12.4. The van der Waals surface area contributed by atoms with Gasteiger partial charge in [0.1, 0.15) is 5.78 Å². The molecule has 0 saturated heterocycles. The van der Waals surface area contributed by atoms with Crippen LogP contribution in [0.15, 0.2) is 30.3 Å². The minimum atomic E-state index is 0.208. The molecule has 0 fully saturated rings. The lowest BCUT2D eigenvalue weighted by Gasteiger charge is -2.05. The zero-order chi connectivity index (χ0) is 10.4. The van der Waals surface area contributed by atoms with Crippen molar-refractivity contribution in [3.8, 4) is 0 Å². The average Bonchev–Trinajstić information content (AvgIpc) is 2.26. The van der Waals surface area contributed by atoms with Gasteiger partial charge in [0.15, 0.2) is 0 Å². The van der Waals surface area contributed by atoms with Gasteiger partial charge >= 0.3 is 0 Å². The summed E-state index contributed by atoms with van der Waals surface area (Å²) < 4.78 is 0.922. The van der Waals surface area contributed by atoms with Crippen LogP contribution in [0.5, 0.6) is 0 Å². The summed E-state index contributed by atoms with van der Waals surface area (Å²) in [5.74, 6) is 0.586. The van der Waals surface area contributed by atoms with Gasteiger partial charge < -0.3 is 0 Å². The van der Waals surface area contributed by atoms with Crippen molar-refractivity contribution in [2.45, 2.75) is 19.8 Å². The summed E-state index contributed by atoms with van der Waals surface area (Å²) in [6, 6.07) is 10.2. The number of carbonyl (C=O) groups is 1. The molecule has 1 aromatic rings. The summed E-state index contributed by atoms with van der Waals surface area (Å²) >= 11 is 2.26. The van der Waals surface area contributed by atoms with Crippen molar-refractivity contribution in [2.24, 2.45) is 5.92 Å². The molecule has 2 heteroatoms. The van der Waals surface area contributed by atoms with E-state index in [-0.39, 0.29) is 5.92 Å². The number of halogens is 1. The van der Waals surface area contributed by atoms with Crippen molar-refractivity contribution < 1.29 is 4.79 Å². The van der Waals surface area contributed by atoms with Crippen molar-refractivity contribution in [3.05, 3.63) is 35.9 Å². The first-order valence-electron chi connectivity index (χ1n) is 4.86. The fourth-order valence-electron chi connectivity index (χ4n) is 1.24. The van der Waals surface area contributed by atoms with E-state index in [2.05, 4.69) is 34.7 Å². The van der Waals surface area contributed by atoms with Gasteiger partial charge in [-0.25, -0.2) is 0 Å². The molecule has 0 bridgehead atoms. The zero-order valence-electron chi connectivity index (χ0n) is 8.37. The molecule has 1 rings (SSSR count). The summed E-state index contributed by atoms with van der Waals surface area (Å²) in [4.78, 5) is 11.5. The third-order valence-electron chi connectivity index (χ3n) is 2.28. The first kappa shape index (κ1) is 11.7. The number of Topliss-reactive ketones (excluding diaryl/α,β-unsaturated/α-hetero) is 1. The third kappa shape index (κ3) is 3.78. The lowest BCUT2D eigenvalue weighted by molar-refractivity contribution is -0.121. The average molecular weight is 302 g/mol. The summed E-state index contributed by atoms with van der Waals surface area (Å²) in [5.41, 5.74) is 1.25. The van der Waals surface area contributed by atoms with Crippen molar-refractivity contribution in [2.75, 3.05) is 4.43 Å². The molecule has 14 heavy (non-hydrogen) atoms. The monoisotopic (exact) mass is 302 g/mol. The van der Waals surface area contributed by atoms with Crippen molar-refractivity contribution in [1.29, 1.82) is 0 Å². The Hall–Kier alpha value is -0.380. The van der Waals surface area contributed by atoms with Crippen molar-refractivity contribution >= 4 is 28.4 Å². The van der Waals surface area contributed by atoms with Crippen LogP contribution in [0, 0.1) is 5.92 Å². The molecular weight excluding hydrogens is 287 g/mol. The van der Waals surface area contributed by atoms with Crippen LogP contribution in [-0.2, 0) is 11.2 Å². The Labute approximate surface area is 99.0 Å². The van der Waals surface area contributed by atoms with E-state index < -0.39 is 0 Å². The number of aryl methyl sites for hydroxylation is 1. The molecule has 76 valence electrons.